The van der Waals surface area contributed by atoms with Gasteiger partial charge in [-0.1, -0.05) is 12.1 Å². The van der Waals surface area contributed by atoms with E-state index >= 15 is 0 Å². The Morgan fingerprint density at radius 2 is 1.89 bits per heavy atom. The van der Waals surface area contributed by atoms with Crippen molar-refractivity contribution in [3.05, 3.63) is 53.3 Å². The van der Waals surface area contributed by atoms with Crippen LogP contribution in [0.2, 0.25) is 0 Å². The molecule has 0 aromatic heterocycles. The summed E-state index contributed by atoms with van der Waals surface area (Å²) in [5, 5.41) is -0.137. The van der Waals surface area contributed by atoms with Crippen molar-refractivity contribution in [1.29, 1.82) is 0 Å². The number of ether oxygens (including phenoxy) is 1. The van der Waals surface area contributed by atoms with Gasteiger partial charge < -0.3 is 14.5 Å². The first kappa shape index (κ1) is 19.2. The molecule has 0 radical (unpaired) electrons. The zero-order valence-corrected chi connectivity index (χ0v) is 16.3. The summed E-state index contributed by atoms with van der Waals surface area (Å²) in [6.07, 6.45) is 0.713. The molecular weight excluding hydrogens is 367 g/mol. The fourth-order valence-corrected chi connectivity index (χ4v) is 3.80. The lowest BCUT2D eigenvalue weighted by molar-refractivity contribution is -0.119. The third-order valence-corrected chi connectivity index (χ3v) is 5.55. The highest BCUT2D eigenvalue weighted by Gasteiger charge is 2.30. The Bertz CT molecular complexity index is 868. The summed E-state index contributed by atoms with van der Waals surface area (Å²) < 4.78 is 19.8. The third-order valence-electron chi connectivity index (χ3n) is 4.41. The van der Waals surface area contributed by atoms with Crippen LogP contribution in [0.3, 0.4) is 0 Å². The number of methoxy groups -OCH3 is 1. The number of fused-ring (bicyclic) bond motifs is 1. The molecule has 1 aliphatic heterocycles. The highest BCUT2D eigenvalue weighted by Crippen LogP contribution is 2.39. The Morgan fingerprint density at radius 1 is 1.19 bits per heavy atom. The second-order valence-corrected chi connectivity index (χ2v) is 7.46. The summed E-state index contributed by atoms with van der Waals surface area (Å²) in [4.78, 5) is 28.3. The van der Waals surface area contributed by atoms with Crippen LogP contribution in [0.4, 0.5) is 14.9 Å². The van der Waals surface area contributed by atoms with Gasteiger partial charge in [0.2, 0.25) is 5.91 Å². The molecule has 0 saturated heterocycles. The number of carbonyl (C=O) groups excluding carboxylic acids is 2. The van der Waals surface area contributed by atoms with Crippen LogP contribution in [0.25, 0.3) is 0 Å². The minimum absolute atomic E-state index is 0.127. The van der Waals surface area contributed by atoms with E-state index in [0.29, 0.717) is 16.9 Å². The number of rotatable bonds is 4. The topological polar surface area (TPSA) is 49.9 Å². The van der Waals surface area contributed by atoms with E-state index in [4.69, 9.17) is 4.74 Å². The molecule has 5 nitrogen and oxygen atoms in total. The third kappa shape index (κ3) is 4.08. The highest BCUT2D eigenvalue weighted by atomic mass is 32.2. The molecule has 2 amide bonds. The lowest BCUT2D eigenvalue weighted by atomic mass is 9.99. The van der Waals surface area contributed by atoms with Crippen molar-refractivity contribution < 1.29 is 18.7 Å². The monoisotopic (exact) mass is 388 g/mol. The van der Waals surface area contributed by atoms with Crippen molar-refractivity contribution in [2.75, 3.05) is 26.1 Å². The number of hydrogen-bond donors (Lipinski definition) is 0. The van der Waals surface area contributed by atoms with Crippen molar-refractivity contribution in [3.8, 4) is 5.75 Å². The second-order valence-electron chi connectivity index (χ2n) is 6.46. The van der Waals surface area contributed by atoms with Gasteiger partial charge in [0.25, 0.3) is 5.24 Å². The molecule has 0 N–H and O–H groups in total. The first-order chi connectivity index (χ1) is 12.9. The molecule has 7 heteroatoms. The lowest BCUT2D eigenvalue weighted by Crippen LogP contribution is -2.35. The minimum atomic E-state index is -0.451. The van der Waals surface area contributed by atoms with Gasteiger partial charge in [-0.05, 0) is 53.6 Å². The Morgan fingerprint density at radius 3 is 2.52 bits per heavy atom. The Labute approximate surface area is 162 Å². The van der Waals surface area contributed by atoms with E-state index < -0.39 is 5.82 Å². The van der Waals surface area contributed by atoms with Gasteiger partial charge in [-0.2, -0.15) is 0 Å². The Balaban J connectivity index is 1.95. The quantitative estimate of drug-likeness (QED) is 0.741. The zero-order valence-electron chi connectivity index (χ0n) is 15.5. The van der Waals surface area contributed by atoms with Crippen molar-refractivity contribution in [1.82, 2.24) is 4.90 Å². The molecule has 142 valence electrons. The van der Waals surface area contributed by atoms with E-state index in [2.05, 4.69) is 0 Å². The predicted octanol–water partition coefficient (Wildman–Crippen LogP) is 4.09. The van der Waals surface area contributed by atoms with Crippen molar-refractivity contribution >= 4 is 28.6 Å². The molecule has 0 bridgehead atoms. The first-order valence-electron chi connectivity index (χ1n) is 8.54. The van der Waals surface area contributed by atoms with Crippen LogP contribution in [0.1, 0.15) is 17.5 Å². The summed E-state index contributed by atoms with van der Waals surface area (Å²) in [6.45, 7) is 0.266. The van der Waals surface area contributed by atoms with E-state index in [-0.39, 0.29) is 29.8 Å². The van der Waals surface area contributed by atoms with E-state index in [9.17, 15) is 14.0 Å². The van der Waals surface area contributed by atoms with Gasteiger partial charge in [-0.15, -0.1) is 0 Å². The largest absolute Gasteiger partial charge is 0.497 e. The predicted molar refractivity (Wildman–Crippen MR) is 104 cm³/mol. The minimum Gasteiger partial charge on any atom is -0.497 e. The first-order valence-corrected chi connectivity index (χ1v) is 9.36. The fraction of sp³-hybridized carbons (Fsp3) is 0.300. The summed E-state index contributed by atoms with van der Waals surface area (Å²) in [5.41, 5.74) is 1.86. The molecular formula is C20H21FN2O3S. The standard InChI is InChI=1S/C20H21FN2O3S/c1-22(2)20(25)27-17-10-9-16(21)19-15(17)8-11-18(24)23(19)12-13-4-6-14(26-3)7-5-13/h4-7,9-10H,8,11-12H2,1-3H3. The van der Waals surface area contributed by atoms with Gasteiger partial charge >= 0.3 is 0 Å². The number of nitrogens with zero attached hydrogens (tertiary/aromatic N) is 2. The van der Waals surface area contributed by atoms with E-state index in [1.807, 2.05) is 24.3 Å². The molecule has 3 rings (SSSR count). The molecule has 0 unspecified atom stereocenters. The van der Waals surface area contributed by atoms with Crippen LogP contribution in [0.15, 0.2) is 41.3 Å². The molecule has 2 aromatic carbocycles. The van der Waals surface area contributed by atoms with Crippen LogP contribution < -0.4 is 9.64 Å². The van der Waals surface area contributed by atoms with Crippen molar-refractivity contribution in [3.63, 3.8) is 0 Å². The van der Waals surface area contributed by atoms with E-state index in [0.717, 1.165) is 23.1 Å². The maximum Gasteiger partial charge on any atom is 0.285 e. The number of halogens is 1. The normalized spacial score (nSPS) is 13.3. The second kappa shape index (κ2) is 8.00. The molecule has 0 aliphatic carbocycles. The maximum absolute atomic E-state index is 14.7. The van der Waals surface area contributed by atoms with Crippen LogP contribution in [-0.2, 0) is 17.8 Å². The molecule has 0 atom stereocenters. The van der Waals surface area contributed by atoms with Gasteiger partial charge in [0, 0.05) is 25.4 Å². The number of benzene rings is 2. The summed E-state index contributed by atoms with van der Waals surface area (Å²) >= 11 is 1.06. The number of thioether (sulfide) groups is 1. The SMILES string of the molecule is COc1ccc(CN2C(=O)CCc3c(SC(=O)N(C)C)ccc(F)c32)cc1. The van der Waals surface area contributed by atoms with Crippen LogP contribution in [-0.4, -0.2) is 37.3 Å². The average molecular weight is 388 g/mol. The molecule has 0 saturated carbocycles. The van der Waals surface area contributed by atoms with Crippen molar-refractivity contribution in [2.45, 2.75) is 24.3 Å². The maximum atomic E-state index is 14.7. The Hall–Kier alpha value is -2.54. The number of carbonyl (C=O) groups is 2. The lowest BCUT2D eigenvalue weighted by Gasteiger charge is -2.31. The molecule has 0 fully saturated rings. The molecule has 2 aromatic rings. The van der Waals surface area contributed by atoms with Gasteiger partial charge in [-0.3, -0.25) is 9.59 Å². The van der Waals surface area contributed by atoms with Gasteiger partial charge in [0.05, 0.1) is 19.3 Å². The number of anilines is 1. The highest BCUT2D eigenvalue weighted by molar-refractivity contribution is 8.13. The zero-order chi connectivity index (χ0) is 19.6. The molecule has 27 heavy (non-hydrogen) atoms. The summed E-state index contributed by atoms with van der Waals surface area (Å²) in [5.74, 6) is 0.141. The van der Waals surface area contributed by atoms with E-state index in [1.54, 1.807) is 27.3 Å². The fourth-order valence-electron chi connectivity index (χ4n) is 2.98. The summed E-state index contributed by atoms with van der Waals surface area (Å²) in [7, 11) is 4.93. The average Bonchev–Trinajstić information content (AvgIpc) is 2.66. The molecule has 0 spiro atoms. The van der Waals surface area contributed by atoms with Crippen LogP contribution in [0.5, 0.6) is 5.75 Å². The summed E-state index contributed by atoms with van der Waals surface area (Å²) in [6, 6.07) is 10.3. The van der Waals surface area contributed by atoms with Crippen molar-refractivity contribution in [2.24, 2.45) is 0 Å². The molecule has 1 heterocycles. The smallest absolute Gasteiger partial charge is 0.285 e. The number of amides is 2. The van der Waals surface area contributed by atoms with Crippen LogP contribution in [0, 0.1) is 5.82 Å². The van der Waals surface area contributed by atoms with Gasteiger partial charge in [-0.25, -0.2) is 4.39 Å². The number of hydrogen-bond acceptors (Lipinski definition) is 4. The molecule has 1 aliphatic rings. The van der Waals surface area contributed by atoms with E-state index in [1.165, 1.54) is 15.9 Å². The van der Waals surface area contributed by atoms with Gasteiger partial charge in [0.1, 0.15) is 11.6 Å². The van der Waals surface area contributed by atoms with Gasteiger partial charge in [0.15, 0.2) is 0 Å². The van der Waals surface area contributed by atoms with Crippen LogP contribution >= 0.6 is 11.8 Å². The Kier molecular flexibility index (Phi) is 5.70.